The van der Waals surface area contributed by atoms with E-state index in [2.05, 4.69) is 10.6 Å². The van der Waals surface area contributed by atoms with Gasteiger partial charge in [-0.1, -0.05) is 66.2 Å². The highest BCUT2D eigenvalue weighted by Crippen LogP contribution is 2.38. The van der Waals surface area contributed by atoms with E-state index in [0.717, 1.165) is 9.87 Å². The van der Waals surface area contributed by atoms with E-state index in [4.69, 9.17) is 11.6 Å². The van der Waals surface area contributed by atoms with Crippen molar-refractivity contribution in [2.45, 2.75) is 23.9 Å². The highest BCUT2D eigenvalue weighted by molar-refractivity contribution is 7.93. The topological polar surface area (TPSA) is 95.6 Å². The van der Waals surface area contributed by atoms with Crippen LogP contribution in [-0.4, -0.2) is 26.3 Å². The third-order valence-corrected chi connectivity index (χ3v) is 7.39. The maximum atomic E-state index is 13.6. The van der Waals surface area contributed by atoms with Gasteiger partial charge in [0.05, 0.1) is 22.8 Å². The first kappa shape index (κ1) is 21.9. The van der Waals surface area contributed by atoms with E-state index in [9.17, 15) is 18.0 Å². The monoisotopic (exact) mass is 469 g/mol. The summed E-state index contributed by atoms with van der Waals surface area (Å²) in [4.78, 5) is 25.5. The first-order valence-electron chi connectivity index (χ1n) is 9.87. The van der Waals surface area contributed by atoms with Gasteiger partial charge >= 0.3 is 0 Å². The minimum Gasteiger partial charge on any atom is -0.352 e. The average Bonchev–Trinajstić information content (AvgIpc) is 2.79. The number of hydrogen-bond acceptors (Lipinski definition) is 4. The van der Waals surface area contributed by atoms with Crippen LogP contribution in [0.3, 0.4) is 0 Å². The summed E-state index contributed by atoms with van der Waals surface area (Å²) in [7, 11) is -4.24. The molecule has 0 saturated carbocycles. The number of fused-ring (bicyclic) bond motifs is 1. The van der Waals surface area contributed by atoms with Gasteiger partial charge in [-0.25, -0.2) is 8.42 Å². The molecule has 0 fully saturated rings. The molecule has 164 valence electrons. The van der Waals surface area contributed by atoms with Crippen LogP contribution in [0.25, 0.3) is 0 Å². The van der Waals surface area contributed by atoms with Crippen molar-refractivity contribution in [3.63, 3.8) is 0 Å². The molecule has 2 N–H and O–H groups in total. The molecule has 3 aromatic carbocycles. The lowest BCUT2D eigenvalue weighted by molar-refractivity contribution is -0.125. The van der Waals surface area contributed by atoms with Crippen molar-refractivity contribution in [2.24, 2.45) is 0 Å². The summed E-state index contributed by atoms with van der Waals surface area (Å²) in [6, 6.07) is 20.6. The highest BCUT2D eigenvalue weighted by atomic mass is 35.5. The molecule has 3 aromatic rings. The maximum absolute atomic E-state index is 13.6. The number of carbonyl (C=O) groups is 2. The Kier molecular flexibility index (Phi) is 6.16. The average molecular weight is 470 g/mol. The van der Waals surface area contributed by atoms with Crippen LogP contribution in [0.1, 0.15) is 12.0 Å². The van der Waals surface area contributed by atoms with Crippen LogP contribution in [0.15, 0.2) is 83.8 Å². The van der Waals surface area contributed by atoms with Crippen molar-refractivity contribution in [2.75, 3.05) is 9.62 Å². The van der Waals surface area contributed by atoms with Crippen LogP contribution < -0.4 is 14.9 Å². The number of sulfonamides is 1. The third kappa shape index (κ3) is 4.32. The standard InChI is InChI=1S/C23H20ClN3O4S/c24-17-10-4-7-13-21(17)32(30,31)27-19-12-6-5-11-18(19)26-23(29)20(27)14-22(28)25-15-16-8-2-1-3-9-16/h1-13,20H,14-15H2,(H,25,28)(H,26,29)/t20-/m1/s1. The summed E-state index contributed by atoms with van der Waals surface area (Å²) in [6.45, 7) is 0.266. The first-order chi connectivity index (χ1) is 15.4. The molecule has 9 heteroatoms. The van der Waals surface area contributed by atoms with Crippen LogP contribution in [0, 0.1) is 0 Å². The van der Waals surface area contributed by atoms with Gasteiger partial charge in [0.25, 0.3) is 10.0 Å². The summed E-state index contributed by atoms with van der Waals surface area (Å²) in [5.74, 6) is -1.04. The Hall–Kier alpha value is -3.36. The largest absolute Gasteiger partial charge is 0.352 e. The number of benzene rings is 3. The Labute approximate surface area is 191 Å². The smallest absolute Gasteiger partial charge is 0.266 e. The van der Waals surface area contributed by atoms with Gasteiger partial charge in [0, 0.05) is 6.54 Å². The second kappa shape index (κ2) is 9.02. The van der Waals surface area contributed by atoms with Gasteiger partial charge in [-0.05, 0) is 29.8 Å². The Morgan fingerprint density at radius 3 is 2.38 bits per heavy atom. The van der Waals surface area contributed by atoms with Gasteiger partial charge in [-0.2, -0.15) is 0 Å². The predicted octanol–water partition coefficient (Wildman–Crippen LogP) is 3.56. The number of anilines is 2. The van der Waals surface area contributed by atoms with Crippen molar-refractivity contribution in [1.82, 2.24) is 5.32 Å². The van der Waals surface area contributed by atoms with Crippen LogP contribution in [-0.2, 0) is 26.2 Å². The zero-order chi connectivity index (χ0) is 22.7. The molecule has 4 rings (SSSR count). The summed E-state index contributed by atoms with van der Waals surface area (Å²) in [5, 5.41) is 5.48. The fourth-order valence-corrected chi connectivity index (χ4v) is 5.67. The fraction of sp³-hybridized carbons (Fsp3) is 0.130. The molecule has 1 atom stereocenters. The summed E-state index contributed by atoms with van der Waals surface area (Å²) >= 11 is 6.18. The van der Waals surface area contributed by atoms with E-state index in [0.29, 0.717) is 5.69 Å². The molecular formula is C23H20ClN3O4S. The number of para-hydroxylation sites is 2. The first-order valence-corrected chi connectivity index (χ1v) is 11.7. The number of carbonyl (C=O) groups excluding carboxylic acids is 2. The lowest BCUT2D eigenvalue weighted by Crippen LogP contribution is -2.52. The Bertz CT molecular complexity index is 1260. The minimum absolute atomic E-state index is 0.0308. The zero-order valence-electron chi connectivity index (χ0n) is 16.9. The highest BCUT2D eigenvalue weighted by Gasteiger charge is 2.42. The molecular weight excluding hydrogens is 450 g/mol. The fourth-order valence-electron chi connectivity index (χ4n) is 3.54. The van der Waals surface area contributed by atoms with E-state index in [1.165, 1.54) is 12.1 Å². The molecule has 0 saturated heterocycles. The van der Waals surface area contributed by atoms with Gasteiger partial charge in [0.2, 0.25) is 11.8 Å². The van der Waals surface area contributed by atoms with Crippen molar-refractivity contribution in [1.29, 1.82) is 0 Å². The van der Waals surface area contributed by atoms with E-state index >= 15 is 0 Å². The minimum atomic E-state index is -4.24. The van der Waals surface area contributed by atoms with Gasteiger partial charge in [0.1, 0.15) is 10.9 Å². The van der Waals surface area contributed by atoms with Crippen LogP contribution >= 0.6 is 11.6 Å². The van der Waals surface area contributed by atoms with Crippen molar-refractivity contribution in [3.05, 3.63) is 89.4 Å². The summed E-state index contributed by atoms with van der Waals surface area (Å²) in [5.41, 5.74) is 1.50. The molecule has 1 aliphatic heterocycles. The molecule has 1 aliphatic rings. The molecule has 0 spiro atoms. The van der Waals surface area contributed by atoms with Crippen molar-refractivity contribution >= 4 is 44.8 Å². The van der Waals surface area contributed by atoms with Crippen molar-refractivity contribution in [3.8, 4) is 0 Å². The van der Waals surface area contributed by atoms with E-state index in [-0.39, 0.29) is 28.6 Å². The molecule has 1 heterocycles. The molecule has 0 unspecified atom stereocenters. The summed E-state index contributed by atoms with van der Waals surface area (Å²) < 4.78 is 28.2. The predicted molar refractivity (Wildman–Crippen MR) is 123 cm³/mol. The number of hydrogen-bond donors (Lipinski definition) is 2. The maximum Gasteiger partial charge on any atom is 0.266 e. The molecule has 0 aromatic heterocycles. The molecule has 0 radical (unpaired) electrons. The van der Waals surface area contributed by atoms with Crippen LogP contribution in [0.5, 0.6) is 0 Å². The number of amides is 2. The quantitative estimate of drug-likeness (QED) is 0.577. The third-order valence-electron chi connectivity index (χ3n) is 5.07. The molecule has 32 heavy (non-hydrogen) atoms. The lowest BCUT2D eigenvalue weighted by Gasteiger charge is -2.36. The zero-order valence-corrected chi connectivity index (χ0v) is 18.4. The number of rotatable bonds is 6. The molecule has 0 aliphatic carbocycles. The SMILES string of the molecule is O=C(C[C@@H]1C(=O)Nc2ccccc2N1S(=O)(=O)c1ccccc1Cl)NCc1ccccc1. The Balaban J connectivity index is 1.68. The normalized spacial score (nSPS) is 15.6. The molecule has 7 nitrogen and oxygen atoms in total. The van der Waals surface area contributed by atoms with Crippen LogP contribution in [0.4, 0.5) is 11.4 Å². The van der Waals surface area contributed by atoms with Crippen LogP contribution in [0.2, 0.25) is 5.02 Å². The van der Waals surface area contributed by atoms with Gasteiger partial charge in [-0.3, -0.25) is 13.9 Å². The number of nitrogens with one attached hydrogen (secondary N) is 2. The second-order valence-corrected chi connectivity index (χ2v) is 9.41. The molecule has 0 bridgehead atoms. The van der Waals surface area contributed by atoms with E-state index in [1.54, 1.807) is 36.4 Å². The van der Waals surface area contributed by atoms with Gasteiger partial charge < -0.3 is 10.6 Å². The van der Waals surface area contributed by atoms with Crippen molar-refractivity contribution < 1.29 is 18.0 Å². The Morgan fingerprint density at radius 1 is 0.969 bits per heavy atom. The van der Waals surface area contributed by atoms with Gasteiger partial charge in [0.15, 0.2) is 0 Å². The van der Waals surface area contributed by atoms with E-state index < -0.39 is 27.9 Å². The number of halogens is 1. The Morgan fingerprint density at radius 2 is 1.62 bits per heavy atom. The summed E-state index contributed by atoms with van der Waals surface area (Å²) in [6.07, 6.45) is -0.351. The van der Waals surface area contributed by atoms with E-state index in [1.807, 2.05) is 30.3 Å². The lowest BCUT2D eigenvalue weighted by atomic mass is 10.1. The molecule has 2 amide bonds. The number of nitrogens with zero attached hydrogens (tertiary/aromatic N) is 1. The van der Waals surface area contributed by atoms with Gasteiger partial charge in [-0.15, -0.1) is 0 Å². The second-order valence-electron chi connectivity index (χ2n) is 7.22.